The first-order chi connectivity index (χ1) is 27.7. The Morgan fingerprint density at radius 1 is 0.583 bits per heavy atom. The molecule has 2 rings (SSSR count). The van der Waals surface area contributed by atoms with Gasteiger partial charge in [0.2, 0.25) is 0 Å². The van der Waals surface area contributed by atoms with E-state index in [2.05, 4.69) is 97.2 Å². The van der Waals surface area contributed by atoms with Gasteiger partial charge in [-0.05, 0) is 119 Å². The van der Waals surface area contributed by atoms with Gasteiger partial charge in [-0.15, -0.1) is 0 Å². The van der Waals surface area contributed by atoms with Crippen molar-refractivity contribution in [1.29, 1.82) is 0 Å². The molecule has 2 fully saturated rings. The second kappa shape index (κ2) is 23.7. The van der Waals surface area contributed by atoms with Gasteiger partial charge in [-0.1, -0.05) is 41.5 Å². The molecule has 0 aromatic rings. The predicted octanol–water partition coefficient (Wildman–Crippen LogP) is 6.14. The van der Waals surface area contributed by atoms with Gasteiger partial charge in [0.25, 0.3) is 0 Å². The maximum absolute atomic E-state index is 13.1. The molecule has 2 aliphatic rings. The van der Waals surface area contributed by atoms with Crippen molar-refractivity contribution in [2.75, 3.05) is 60.7 Å². The number of urea groups is 4. The number of carbonyl (C=O) groups excluding carboxylic acids is 4. The molecule has 350 valence electrons. The summed E-state index contributed by atoms with van der Waals surface area (Å²) in [6.45, 7) is 26.1. The smallest absolute Gasteiger partial charge is 0.334 e. The Balaban J connectivity index is 1.73. The molecule has 8 amide bonds. The molecule has 2 saturated carbocycles. The molecule has 0 heterocycles. The van der Waals surface area contributed by atoms with Crippen molar-refractivity contribution < 1.29 is 37.2 Å². The lowest BCUT2D eigenvalue weighted by molar-refractivity contribution is 0.0730. The molecule has 18 heteroatoms. The van der Waals surface area contributed by atoms with Crippen LogP contribution in [0.15, 0.2) is 0 Å². The molecule has 0 spiro atoms. The summed E-state index contributed by atoms with van der Waals surface area (Å²) >= 11 is 0. The van der Waals surface area contributed by atoms with Crippen LogP contribution in [-0.4, -0.2) is 126 Å². The van der Waals surface area contributed by atoms with Crippen molar-refractivity contribution in [2.24, 2.45) is 21.7 Å². The molecule has 6 atom stereocenters. The Kier molecular flexibility index (Phi) is 21.1. The third-order valence-corrected chi connectivity index (χ3v) is 17.8. The van der Waals surface area contributed by atoms with Gasteiger partial charge in [0.15, 0.2) is 8.32 Å². The highest BCUT2D eigenvalue weighted by Gasteiger charge is 2.43. The van der Waals surface area contributed by atoms with E-state index in [0.29, 0.717) is 26.2 Å². The van der Waals surface area contributed by atoms with Gasteiger partial charge in [0.1, 0.15) is 0 Å². The molecule has 8 N–H and O–H groups in total. The van der Waals surface area contributed by atoms with Crippen LogP contribution in [-0.2, 0) is 18.0 Å². The van der Waals surface area contributed by atoms with E-state index in [1.807, 2.05) is 20.4 Å². The second-order valence-corrected chi connectivity index (χ2v) is 29.0. The van der Waals surface area contributed by atoms with Gasteiger partial charge in [0, 0.05) is 59.6 Å². The largest absolute Gasteiger partial charge is 0.420 e. The Bertz CT molecular complexity index is 1370. The fourth-order valence-corrected chi connectivity index (χ4v) is 12.2. The van der Waals surface area contributed by atoms with Crippen molar-refractivity contribution in [3.8, 4) is 0 Å². The molecule has 0 aliphatic heterocycles. The minimum absolute atomic E-state index is 0.00834. The van der Waals surface area contributed by atoms with Crippen LogP contribution in [0, 0.1) is 21.7 Å². The molecule has 6 unspecified atom stereocenters. The minimum Gasteiger partial charge on any atom is -0.420 e. The zero-order chi connectivity index (χ0) is 45.4. The van der Waals surface area contributed by atoms with E-state index >= 15 is 0 Å². The normalized spacial score (nSPS) is 24.9. The molecule has 0 bridgehead atoms. The third-order valence-electron chi connectivity index (χ3n) is 12.2. The highest BCUT2D eigenvalue weighted by atomic mass is 28.4. The average molecular weight is 887 g/mol. The number of nitrogens with one attached hydrogen (secondary N) is 8. The van der Waals surface area contributed by atoms with Crippen LogP contribution in [0.1, 0.15) is 107 Å². The van der Waals surface area contributed by atoms with Crippen LogP contribution in [0.5, 0.6) is 0 Å². The fraction of sp³-hybridized carbons (Fsp3) is 0.905. The lowest BCUT2D eigenvalue weighted by Gasteiger charge is -2.47. The average Bonchev–Trinajstić information content (AvgIpc) is 3.11. The molecule has 2 aliphatic carbocycles. The van der Waals surface area contributed by atoms with Gasteiger partial charge in [-0.3, -0.25) is 0 Å². The minimum atomic E-state index is -2.16. The topological polar surface area (TPSA) is 201 Å². The van der Waals surface area contributed by atoms with E-state index in [1.54, 1.807) is 21.3 Å². The summed E-state index contributed by atoms with van der Waals surface area (Å²) in [5.74, 6) is 0. The summed E-state index contributed by atoms with van der Waals surface area (Å²) in [5.41, 5.74) is -0.391. The number of rotatable bonds is 23. The highest BCUT2D eigenvalue weighted by Crippen LogP contribution is 2.47. The lowest BCUT2D eigenvalue weighted by atomic mass is 9.62. The second-order valence-electron chi connectivity index (χ2n) is 21.0. The van der Waals surface area contributed by atoms with Crippen molar-refractivity contribution in [1.82, 2.24) is 42.5 Å². The third kappa shape index (κ3) is 20.9. The van der Waals surface area contributed by atoms with Crippen LogP contribution in [0.25, 0.3) is 0 Å². The van der Waals surface area contributed by atoms with Crippen LogP contribution in [0.4, 0.5) is 19.2 Å². The van der Waals surface area contributed by atoms with Gasteiger partial charge in [-0.2, -0.15) is 0 Å². The maximum atomic E-state index is 13.1. The molecule has 0 aromatic carbocycles. The van der Waals surface area contributed by atoms with E-state index in [0.717, 1.165) is 63.5 Å². The summed E-state index contributed by atoms with van der Waals surface area (Å²) in [7, 11) is 1.30. The van der Waals surface area contributed by atoms with Crippen molar-refractivity contribution in [3.63, 3.8) is 0 Å². The van der Waals surface area contributed by atoms with Gasteiger partial charge in [0.05, 0.1) is 25.3 Å². The fourth-order valence-electron chi connectivity index (χ4n) is 9.58. The van der Waals surface area contributed by atoms with Crippen molar-refractivity contribution in [2.45, 2.75) is 163 Å². The quantitative estimate of drug-likeness (QED) is 0.0442. The first-order valence-corrected chi connectivity index (χ1v) is 27.8. The molecule has 60 heavy (non-hydrogen) atoms. The van der Waals surface area contributed by atoms with Crippen LogP contribution >= 0.6 is 0 Å². The Hall–Kier alpha value is -2.65. The Labute approximate surface area is 364 Å². The Morgan fingerprint density at radius 3 is 1.37 bits per heavy atom. The molecule has 0 aromatic heterocycles. The van der Waals surface area contributed by atoms with Gasteiger partial charge in [-0.25, -0.2) is 19.2 Å². The first kappa shape index (κ1) is 53.5. The zero-order valence-electron chi connectivity index (χ0n) is 39.9. The van der Waals surface area contributed by atoms with Crippen LogP contribution in [0.3, 0.4) is 0 Å². The molecular formula is C42H86N8O8Si2. The lowest BCUT2D eigenvalue weighted by Crippen LogP contribution is -2.54. The highest BCUT2D eigenvalue weighted by molar-refractivity contribution is 6.71. The Morgan fingerprint density at radius 2 is 0.983 bits per heavy atom. The number of hydrogen-bond donors (Lipinski definition) is 8. The van der Waals surface area contributed by atoms with E-state index in [-0.39, 0.29) is 83.2 Å². The number of carbonyl (C=O) groups is 4. The van der Waals surface area contributed by atoms with Crippen molar-refractivity contribution in [3.05, 3.63) is 0 Å². The molecule has 0 saturated heterocycles. The van der Waals surface area contributed by atoms with E-state index in [9.17, 15) is 19.2 Å². The number of amides is 8. The van der Waals surface area contributed by atoms with Gasteiger partial charge >= 0.3 is 32.7 Å². The predicted molar refractivity (Wildman–Crippen MR) is 244 cm³/mol. The zero-order valence-corrected chi connectivity index (χ0v) is 41.9. The van der Waals surface area contributed by atoms with E-state index in [1.165, 1.54) is 0 Å². The summed E-state index contributed by atoms with van der Waals surface area (Å²) in [6, 6.07) is 0.323. The first-order valence-electron chi connectivity index (χ1n) is 22.1. The molecule has 16 nitrogen and oxygen atoms in total. The monoisotopic (exact) mass is 887 g/mol. The summed E-state index contributed by atoms with van der Waals surface area (Å²) in [5, 5.41) is 24.4. The standard InChI is InChI=1S/C42H86N8O8Si2/c1-31(47-37(53)49-33-21-39(3,4)27-41(7,23-33)29-45-35(51)43-17-15-19-59(12,13)55-9)25-58-26-32(2)48-38(54)50-34-22-40(5,6)28-42(8,24-34)30-46-36(52)44-18-16-20-60(14,56-10)57-11/h31-34H,15-30H2,1-14H3,(H2,43,45,51)(H2,44,46,52)(H2,47,49,53)(H2,48,50,54). The number of hydrogen-bond acceptors (Lipinski definition) is 8. The SMILES string of the molecule is CO[Si](C)(C)CCCNC(=O)NCC1(C)CC(NC(=O)NC(C)COCC(C)NC(=O)NC2CC(C)(C)CC(C)(CNC(=O)NCCC[Si](C)(OC)OC)C2)CC(C)(C)C1. The van der Waals surface area contributed by atoms with E-state index < -0.39 is 16.9 Å². The summed E-state index contributed by atoms with van der Waals surface area (Å²) in [4.78, 5) is 51.4. The summed E-state index contributed by atoms with van der Waals surface area (Å²) in [6.07, 6.45) is 6.70. The molecule has 0 radical (unpaired) electrons. The molecular weight excluding hydrogens is 801 g/mol. The van der Waals surface area contributed by atoms with Crippen LogP contribution < -0.4 is 42.5 Å². The van der Waals surface area contributed by atoms with E-state index in [4.69, 9.17) is 18.0 Å². The van der Waals surface area contributed by atoms with Crippen LogP contribution in [0.2, 0.25) is 31.7 Å². The van der Waals surface area contributed by atoms with Crippen molar-refractivity contribution >= 4 is 41.0 Å². The maximum Gasteiger partial charge on any atom is 0.334 e. The number of ether oxygens (including phenoxy) is 1. The summed E-state index contributed by atoms with van der Waals surface area (Å²) < 4.78 is 22.6. The van der Waals surface area contributed by atoms with Gasteiger partial charge < -0.3 is 60.5 Å².